The zero-order valence-corrected chi connectivity index (χ0v) is 10.4. The predicted molar refractivity (Wildman–Crippen MR) is 65.3 cm³/mol. The van der Waals surface area contributed by atoms with E-state index in [0.717, 1.165) is 6.07 Å². The van der Waals surface area contributed by atoms with Gasteiger partial charge in [0.15, 0.2) is 0 Å². The highest BCUT2D eigenvalue weighted by Gasteiger charge is 2.39. The second-order valence-electron chi connectivity index (χ2n) is 4.58. The topological polar surface area (TPSA) is 24.1 Å². The number of benzene rings is 1. The molecule has 0 saturated heterocycles. The number of nitrogens with one attached hydrogen (secondary N) is 2. The number of anilines is 2. The molecule has 0 aliphatic carbocycles. The van der Waals surface area contributed by atoms with Crippen LogP contribution in [0.2, 0.25) is 0 Å². The van der Waals surface area contributed by atoms with Crippen LogP contribution in [0.4, 0.5) is 28.9 Å². The van der Waals surface area contributed by atoms with Crippen molar-refractivity contribution >= 4 is 28.6 Å². The Bertz CT molecular complexity index is 523. The molecule has 7 heteroatoms. The van der Waals surface area contributed by atoms with Crippen molar-refractivity contribution < 1.29 is 17.6 Å². The van der Waals surface area contributed by atoms with E-state index in [-0.39, 0.29) is 16.4 Å². The maximum absolute atomic E-state index is 13.2. The van der Waals surface area contributed by atoms with Gasteiger partial charge in [-0.05, 0) is 26.0 Å². The third-order valence-corrected chi connectivity index (χ3v) is 3.27. The van der Waals surface area contributed by atoms with Crippen LogP contribution in [0.3, 0.4) is 0 Å². The first-order valence-electron chi connectivity index (χ1n) is 5.11. The Morgan fingerprint density at radius 2 is 1.83 bits per heavy atom. The van der Waals surface area contributed by atoms with Crippen LogP contribution in [0.1, 0.15) is 19.4 Å². The van der Waals surface area contributed by atoms with Crippen LogP contribution in [-0.4, -0.2) is 10.5 Å². The normalized spacial score (nSPS) is 17.8. The minimum Gasteiger partial charge on any atom is -0.372 e. The second-order valence-corrected chi connectivity index (χ2v) is 4.99. The van der Waals surface area contributed by atoms with Gasteiger partial charge in [0, 0.05) is 0 Å². The summed E-state index contributed by atoms with van der Waals surface area (Å²) in [5.41, 5.74) is -1.96. The van der Waals surface area contributed by atoms with Crippen molar-refractivity contribution in [2.75, 3.05) is 10.6 Å². The SMILES string of the molecule is CC1(C)Nc2cc(F)cc(C(F)(F)F)c2NC1=S. The van der Waals surface area contributed by atoms with Crippen LogP contribution in [0.25, 0.3) is 0 Å². The van der Waals surface area contributed by atoms with E-state index in [2.05, 4.69) is 10.6 Å². The summed E-state index contributed by atoms with van der Waals surface area (Å²) in [6, 6.07) is 1.47. The first-order chi connectivity index (χ1) is 8.11. The Hall–Kier alpha value is -1.37. The smallest absolute Gasteiger partial charge is 0.372 e. The van der Waals surface area contributed by atoms with Gasteiger partial charge in [-0.3, -0.25) is 0 Å². The van der Waals surface area contributed by atoms with E-state index >= 15 is 0 Å². The monoisotopic (exact) mass is 278 g/mol. The first kappa shape index (κ1) is 13.1. The molecule has 0 aromatic heterocycles. The third kappa shape index (κ3) is 2.14. The van der Waals surface area contributed by atoms with Crippen molar-refractivity contribution in [3.63, 3.8) is 0 Å². The van der Waals surface area contributed by atoms with Gasteiger partial charge in [0.2, 0.25) is 0 Å². The van der Waals surface area contributed by atoms with Crippen LogP contribution in [0.5, 0.6) is 0 Å². The number of fused-ring (bicyclic) bond motifs is 1. The second kappa shape index (κ2) is 3.81. The van der Waals surface area contributed by atoms with E-state index in [1.54, 1.807) is 13.8 Å². The fourth-order valence-corrected chi connectivity index (χ4v) is 1.88. The van der Waals surface area contributed by atoms with Gasteiger partial charge >= 0.3 is 6.18 Å². The molecule has 1 aromatic rings. The molecule has 0 amide bonds. The van der Waals surface area contributed by atoms with Crippen LogP contribution in [0, 0.1) is 5.82 Å². The van der Waals surface area contributed by atoms with Gasteiger partial charge in [-0.1, -0.05) is 12.2 Å². The minimum absolute atomic E-state index is 0.0564. The molecule has 0 bridgehead atoms. The van der Waals surface area contributed by atoms with Crippen LogP contribution < -0.4 is 10.6 Å². The van der Waals surface area contributed by atoms with Crippen molar-refractivity contribution in [3.05, 3.63) is 23.5 Å². The highest BCUT2D eigenvalue weighted by molar-refractivity contribution is 7.80. The number of alkyl halides is 3. The Kier molecular flexibility index (Phi) is 2.77. The number of halogens is 4. The molecule has 1 heterocycles. The van der Waals surface area contributed by atoms with Gasteiger partial charge in [0.25, 0.3) is 0 Å². The van der Waals surface area contributed by atoms with Crippen LogP contribution in [0.15, 0.2) is 12.1 Å². The predicted octanol–water partition coefficient (Wildman–Crippen LogP) is 3.79. The van der Waals surface area contributed by atoms with Gasteiger partial charge < -0.3 is 10.6 Å². The van der Waals surface area contributed by atoms with Crippen LogP contribution >= 0.6 is 12.2 Å². The van der Waals surface area contributed by atoms with Gasteiger partial charge in [-0.15, -0.1) is 0 Å². The molecule has 0 saturated carbocycles. The maximum Gasteiger partial charge on any atom is 0.418 e. The molecule has 98 valence electrons. The number of rotatable bonds is 0. The lowest BCUT2D eigenvalue weighted by Gasteiger charge is -2.36. The van der Waals surface area contributed by atoms with E-state index in [1.807, 2.05) is 0 Å². The number of hydrogen-bond donors (Lipinski definition) is 2. The van der Waals surface area contributed by atoms with Crippen molar-refractivity contribution in [1.82, 2.24) is 0 Å². The first-order valence-corrected chi connectivity index (χ1v) is 5.52. The van der Waals surface area contributed by atoms with Crippen molar-refractivity contribution in [2.24, 2.45) is 0 Å². The summed E-state index contributed by atoms with van der Waals surface area (Å²) in [5, 5.41) is 5.33. The molecule has 1 aliphatic rings. The minimum atomic E-state index is -4.64. The number of thiocarbonyl (C=S) groups is 1. The molecule has 1 aromatic carbocycles. The van der Waals surface area contributed by atoms with Crippen molar-refractivity contribution in [3.8, 4) is 0 Å². The summed E-state index contributed by atoms with van der Waals surface area (Å²) in [6.45, 7) is 3.40. The fourth-order valence-electron chi connectivity index (χ4n) is 1.73. The van der Waals surface area contributed by atoms with Crippen molar-refractivity contribution in [2.45, 2.75) is 25.6 Å². The Labute approximate surface area is 106 Å². The van der Waals surface area contributed by atoms with E-state index in [4.69, 9.17) is 12.2 Å². The third-order valence-electron chi connectivity index (χ3n) is 2.66. The largest absolute Gasteiger partial charge is 0.418 e. The zero-order valence-electron chi connectivity index (χ0n) is 9.57. The molecule has 0 spiro atoms. The van der Waals surface area contributed by atoms with E-state index in [1.165, 1.54) is 0 Å². The van der Waals surface area contributed by atoms with Gasteiger partial charge in [0.1, 0.15) is 10.8 Å². The molecule has 2 nitrogen and oxygen atoms in total. The van der Waals surface area contributed by atoms with Crippen LogP contribution in [-0.2, 0) is 6.18 Å². The molecule has 0 radical (unpaired) electrons. The molecule has 2 rings (SSSR count). The van der Waals surface area contributed by atoms with E-state index in [0.29, 0.717) is 6.07 Å². The molecule has 0 fully saturated rings. The average molecular weight is 278 g/mol. The lowest BCUT2D eigenvalue weighted by molar-refractivity contribution is -0.137. The Morgan fingerprint density at radius 3 is 2.39 bits per heavy atom. The lowest BCUT2D eigenvalue weighted by Crippen LogP contribution is -2.47. The number of hydrogen-bond acceptors (Lipinski definition) is 2. The van der Waals surface area contributed by atoms with E-state index in [9.17, 15) is 17.6 Å². The fraction of sp³-hybridized carbons (Fsp3) is 0.364. The highest BCUT2D eigenvalue weighted by Crippen LogP contribution is 2.42. The lowest BCUT2D eigenvalue weighted by atomic mass is 9.98. The maximum atomic E-state index is 13.2. The summed E-state index contributed by atoms with van der Waals surface area (Å²) in [5.74, 6) is -0.945. The summed E-state index contributed by atoms with van der Waals surface area (Å²) in [4.78, 5) is 0.229. The summed E-state index contributed by atoms with van der Waals surface area (Å²) < 4.78 is 51.6. The summed E-state index contributed by atoms with van der Waals surface area (Å²) in [7, 11) is 0. The van der Waals surface area contributed by atoms with Gasteiger partial charge in [-0.2, -0.15) is 13.2 Å². The van der Waals surface area contributed by atoms with Gasteiger partial charge in [-0.25, -0.2) is 4.39 Å². The standard InChI is InChI=1S/C11H10F4N2S/c1-10(2)9(18)16-8-6(11(13,14)15)3-5(12)4-7(8)17-10/h3-4,17H,1-2H3,(H,16,18). The molecule has 0 atom stereocenters. The summed E-state index contributed by atoms with van der Waals surface area (Å²) in [6.07, 6.45) is -4.64. The quantitative estimate of drug-likeness (QED) is 0.558. The highest BCUT2D eigenvalue weighted by atomic mass is 32.1. The molecule has 0 unspecified atom stereocenters. The average Bonchev–Trinajstić information content (AvgIpc) is 2.17. The molecule has 18 heavy (non-hydrogen) atoms. The Morgan fingerprint density at radius 1 is 1.22 bits per heavy atom. The van der Waals surface area contributed by atoms with Gasteiger partial charge in [0.05, 0.1) is 22.5 Å². The van der Waals surface area contributed by atoms with E-state index < -0.39 is 23.1 Å². The Balaban J connectivity index is 2.62. The zero-order chi connectivity index (χ0) is 13.7. The summed E-state index contributed by atoms with van der Waals surface area (Å²) >= 11 is 5.00. The molecule has 2 N–H and O–H groups in total. The molecular formula is C11H10F4N2S. The molecule has 1 aliphatic heterocycles. The molecular weight excluding hydrogens is 268 g/mol. The van der Waals surface area contributed by atoms with Crippen molar-refractivity contribution in [1.29, 1.82) is 0 Å².